The van der Waals surface area contributed by atoms with Gasteiger partial charge in [0.15, 0.2) is 0 Å². The molecule has 2 atom stereocenters. The molecule has 2 heteroatoms. The van der Waals surface area contributed by atoms with Gasteiger partial charge in [0.05, 0.1) is 18.5 Å². The Hall–Kier alpha value is -1.54. The minimum absolute atomic E-state index is 0.196. The topological polar surface area (TPSA) is 18.5 Å². The van der Waals surface area contributed by atoms with Crippen LogP contribution in [0.15, 0.2) is 54.8 Å². The van der Waals surface area contributed by atoms with Crippen LogP contribution >= 0.6 is 0 Å². The van der Waals surface area contributed by atoms with Crippen molar-refractivity contribution in [1.29, 1.82) is 0 Å². The molecule has 1 fully saturated rings. The van der Waals surface area contributed by atoms with Crippen LogP contribution in [0.4, 0.5) is 0 Å². The van der Waals surface area contributed by atoms with Crippen molar-refractivity contribution >= 4 is 0 Å². The summed E-state index contributed by atoms with van der Waals surface area (Å²) in [5, 5.41) is 0. The zero-order chi connectivity index (χ0) is 14.0. The molecular formula is C18H24O2. The summed E-state index contributed by atoms with van der Waals surface area (Å²) in [6, 6.07) is 10.2. The molecule has 2 nitrogen and oxygen atoms in total. The zero-order valence-electron chi connectivity index (χ0n) is 12.2. The fourth-order valence-electron chi connectivity index (χ4n) is 2.25. The Morgan fingerprint density at radius 2 is 1.90 bits per heavy atom. The van der Waals surface area contributed by atoms with Gasteiger partial charge in [0.25, 0.3) is 0 Å². The van der Waals surface area contributed by atoms with Gasteiger partial charge in [0.1, 0.15) is 6.61 Å². The smallest absolute Gasteiger partial charge is 0.112 e. The van der Waals surface area contributed by atoms with Crippen LogP contribution in [0.5, 0.6) is 0 Å². The number of hydrogen-bond donors (Lipinski definition) is 0. The third-order valence-corrected chi connectivity index (χ3v) is 3.37. The highest BCUT2D eigenvalue weighted by Gasteiger charge is 2.20. The summed E-state index contributed by atoms with van der Waals surface area (Å²) in [6.07, 6.45) is 13.2. The minimum atomic E-state index is 0.196. The fourth-order valence-corrected chi connectivity index (χ4v) is 2.25. The van der Waals surface area contributed by atoms with Gasteiger partial charge in [0.2, 0.25) is 0 Å². The third-order valence-electron chi connectivity index (χ3n) is 3.37. The van der Waals surface area contributed by atoms with E-state index in [1.54, 1.807) is 6.26 Å². The Bertz CT molecular complexity index is 422. The van der Waals surface area contributed by atoms with Crippen LogP contribution in [0.2, 0.25) is 0 Å². The summed E-state index contributed by atoms with van der Waals surface area (Å²) in [7, 11) is 0. The molecule has 0 bridgehead atoms. The number of hydrogen-bond acceptors (Lipinski definition) is 2. The molecule has 0 aromatic heterocycles. The molecule has 0 N–H and O–H groups in total. The van der Waals surface area contributed by atoms with Crippen molar-refractivity contribution in [2.45, 2.75) is 51.4 Å². The molecule has 20 heavy (non-hydrogen) atoms. The minimum Gasteiger partial charge on any atom is -0.497 e. The highest BCUT2D eigenvalue weighted by Crippen LogP contribution is 2.21. The molecule has 1 heterocycles. The Labute approximate surface area is 122 Å². The van der Waals surface area contributed by atoms with Gasteiger partial charge < -0.3 is 9.47 Å². The molecule has 108 valence electrons. The maximum atomic E-state index is 5.91. The van der Waals surface area contributed by atoms with E-state index in [1.165, 1.54) is 12.0 Å². The van der Waals surface area contributed by atoms with E-state index in [4.69, 9.17) is 9.47 Å². The molecule has 2 rings (SSSR count). The lowest BCUT2D eigenvalue weighted by Crippen LogP contribution is -2.06. The van der Waals surface area contributed by atoms with Crippen LogP contribution < -0.4 is 0 Å². The van der Waals surface area contributed by atoms with Crippen LogP contribution in [-0.4, -0.2) is 12.2 Å². The van der Waals surface area contributed by atoms with Gasteiger partial charge in [-0.25, -0.2) is 0 Å². The molecule has 0 aliphatic carbocycles. The Morgan fingerprint density at radius 3 is 2.65 bits per heavy atom. The lowest BCUT2D eigenvalue weighted by atomic mass is 10.2. The SMILES string of the molecule is CCC/C=C/C1CCC(/C=C/OCc2ccccc2)O1. The van der Waals surface area contributed by atoms with Crippen molar-refractivity contribution in [1.82, 2.24) is 0 Å². The molecule has 1 saturated heterocycles. The van der Waals surface area contributed by atoms with Gasteiger partial charge in [0, 0.05) is 0 Å². The third kappa shape index (κ3) is 5.22. The molecule has 0 amide bonds. The predicted octanol–water partition coefficient (Wildman–Crippen LogP) is 4.62. The number of unbranched alkanes of at least 4 members (excludes halogenated alkanes) is 1. The molecule has 1 aliphatic rings. The van der Waals surface area contributed by atoms with E-state index in [9.17, 15) is 0 Å². The molecule has 0 spiro atoms. The van der Waals surface area contributed by atoms with Crippen molar-refractivity contribution in [2.75, 3.05) is 0 Å². The number of rotatable bonds is 7. The molecule has 1 aromatic carbocycles. The van der Waals surface area contributed by atoms with Gasteiger partial charge in [-0.05, 0) is 30.9 Å². The molecule has 0 radical (unpaired) electrons. The van der Waals surface area contributed by atoms with E-state index < -0.39 is 0 Å². The van der Waals surface area contributed by atoms with Crippen molar-refractivity contribution in [2.24, 2.45) is 0 Å². The standard InChI is InChI=1S/C18H24O2/c1-2-3-5-10-17-11-12-18(20-17)13-14-19-15-16-8-6-4-7-9-16/h4-10,13-14,17-18H,2-3,11-12,15H2,1H3/b10-5+,14-13+. The molecular weight excluding hydrogens is 248 g/mol. The van der Waals surface area contributed by atoms with Gasteiger partial charge in [-0.15, -0.1) is 0 Å². The van der Waals surface area contributed by atoms with Crippen LogP contribution in [0.25, 0.3) is 0 Å². The number of ether oxygens (including phenoxy) is 2. The first-order valence-corrected chi connectivity index (χ1v) is 7.53. The van der Waals surface area contributed by atoms with Crippen molar-refractivity contribution in [3.8, 4) is 0 Å². The van der Waals surface area contributed by atoms with E-state index in [-0.39, 0.29) is 12.2 Å². The summed E-state index contributed by atoms with van der Waals surface area (Å²) >= 11 is 0. The first kappa shape index (κ1) is 14.9. The highest BCUT2D eigenvalue weighted by atomic mass is 16.5. The average Bonchev–Trinajstić information content (AvgIpc) is 2.93. The Balaban J connectivity index is 1.66. The van der Waals surface area contributed by atoms with Crippen LogP contribution in [0, 0.1) is 0 Å². The van der Waals surface area contributed by atoms with Crippen molar-refractivity contribution in [3.63, 3.8) is 0 Å². The van der Waals surface area contributed by atoms with E-state index >= 15 is 0 Å². The summed E-state index contributed by atoms with van der Waals surface area (Å²) in [5.74, 6) is 0. The zero-order valence-corrected chi connectivity index (χ0v) is 12.2. The first-order valence-electron chi connectivity index (χ1n) is 7.53. The van der Waals surface area contributed by atoms with E-state index in [0.717, 1.165) is 19.3 Å². The quantitative estimate of drug-likeness (QED) is 0.532. The summed E-state index contributed by atoms with van der Waals surface area (Å²) in [6.45, 7) is 2.80. The summed E-state index contributed by atoms with van der Waals surface area (Å²) < 4.78 is 11.4. The van der Waals surface area contributed by atoms with Gasteiger partial charge in [-0.1, -0.05) is 55.8 Å². The molecule has 0 saturated carbocycles. The van der Waals surface area contributed by atoms with Crippen molar-refractivity contribution < 1.29 is 9.47 Å². The van der Waals surface area contributed by atoms with Crippen LogP contribution in [-0.2, 0) is 16.1 Å². The second-order valence-corrected chi connectivity index (χ2v) is 5.13. The number of allylic oxidation sites excluding steroid dienone is 1. The second-order valence-electron chi connectivity index (χ2n) is 5.13. The summed E-state index contributed by atoms with van der Waals surface area (Å²) in [4.78, 5) is 0. The normalized spacial score (nSPS) is 22.9. The Kier molecular flexibility index (Phi) is 6.39. The largest absolute Gasteiger partial charge is 0.497 e. The lowest BCUT2D eigenvalue weighted by Gasteiger charge is -2.07. The van der Waals surface area contributed by atoms with E-state index in [0.29, 0.717) is 6.61 Å². The fraction of sp³-hybridized carbons (Fsp3) is 0.444. The first-order chi connectivity index (χ1) is 9.88. The van der Waals surface area contributed by atoms with Gasteiger partial charge >= 0.3 is 0 Å². The second kappa shape index (κ2) is 8.60. The van der Waals surface area contributed by atoms with Crippen LogP contribution in [0.3, 0.4) is 0 Å². The average molecular weight is 272 g/mol. The Morgan fingerprint density at radius 1 is 1.15 bits per heavy atom. The van der Waals surface area contributed by atoms with E-state index in [1.807, 2.05) is 24.3 Å². The summed E-state index contributed by atoms with van der Waals surface area (Å²) in [5.41, 5.74) is 1.19. The maximum absolute atomic E-state index is 5.91. The predicted molar refractivity (Wildman–Crippen MR) is 82.3 cm³/mol. The lowest BCUT2D eigenvalue weighted by molar-refractivity contribution is 0.0975. The van der Waals surface area contributed by atoms with E-state index in [2.05, 4.69) is 31.2 Å². The maximum Gasteiger partial charge on any atom is 0.112 e. The van der Waals surface area contributed by atoms with Crippen molar-refractivity contribution in [3.05, 3.63) is 60.4 Å². The molecule has 1 aliphatic heterocycles. The highest BCUT2D eigenvalue weighted by molar-refractivity contribution is 5.13. The number of benzene rings is 1. The van der Waals surface area contributed by atoms with Gasteiger partial charge in [-0.3, -0.25) is 0 Å². The van der Waals surface area contributed by atoms with Gasteiger partial charge in [-0.2, -0.15) is 0 Å². The molecule has 2 unspecified atom stereocenters. The molecule has 1 aromatic rings. The van der Waals surface area contributed by atoms with Crippen LogP contribution in [0.1, 0.15) is 38.2 Å². The monoisotopic (exact) mass is 272 g/mol.